The molecule has 0 saturated heterocycles. The third-order valence-electron chi connectivity index (χ3n) is 0.718. The summed E-state index contributed by atoms with van der Waals surface area (Å²) in [4.78, 5) is 10.5. The Balaban J connectivity index is 3.83. The SMILES string of the molecule is COC(C)=[P+]([O-])OC. The van der Waals surface area contributed by atoms with E-state index in [9.17, 15) is 4.89 Å². The maximum absolute atomic E-state index is 10.5. The van der Waals surface area contributed by atoms with Gasteiger partial charge in [-0.1, -0.05) is 0 Å². The summed E-state index contributed by atoms with van der Waals surface area (Å²) in [5, 5.41) is 0. The van der Waals surface area contributed by atoms with E-state index in [1.807, 2.05) is 0 Å². The lowest BCUT2D eigenvalue weighted by molar-refractivity contribution is -0.170. The average Bonchev–Trinajstić information content (AvgIpc) is 1.84. The number of ether oxygens (including phenoxy) is 1. The molecule has 0 N–H and O–H groups in total. The van der Waals surface area contributed by atoms with Crippen LogP contribution in [-0.2, 0) is 9.26 Å². The summed E-state index contributed by atoms with van der Waals surface area (Å²) in [6.07, 6.45) is 0. The molecule has 0 aromatic heterocycles. The van der Waals surface area contributed by atoms with Gasteiger partial charge in [0.05, 0.1) is 7.11 Å². The van der Waals surface area contributed by atoms with Crippen LogP contribution < -0.4 is 4.89 Å². The zero-order valence-electron chi connectivity index (χ0n) is 5.17. The maximum atomic E-state index is 10.5. The lowest BCUT2D eigenvalue weighted by atomic mass is 10.9. The van der Waals surface area contributed by atoms with E-state index in [1.54, 1.807) is 6.92 Å². The van der Waals surface area contributed by atoms with Gasteiger partial charge in [0, 0.05) is 14.0 Å². The molecule has 48 valence electrons. The average molecular weight is 136 g/mol. The van der Waals surface area contributed by atoms with E-state index >= 15 is 0 Å². The highest BCUT2D eigenvalue weighted by atomic mass is 31.1. The molecule has 1 unspecified atom stereocenters. The molecule has 0 rings (SSSR count). The topological polar surface area (TPSA) is 41.5 Å². The molecule has 0 aromatic rings. The van der Waals surface area contributed by atoms with Crippen molar-refractivity contribution in [2.45, 2.75) is 6.92 Å². The highest BCUT2D eigenvalue weighted by Crippen LogP contribution is 2.12. The standard InChI is InChI=1S/C4H9O3P/c1-4(6-2)8(5)7-3/h1-3H3. The van der Waals surface area contributed by atoms with Crippen molar-refractivity contribution in [3.63, 3.8) is 0 Å². The fourth-order valence-electron chi connectivity index (χ4n) is 0.203. The summed E-state index contributed by atoms with van der Waals surface area (Å²) in [6.45, 7) is 1.61. The van der Waals surface area contributed by atoms with Crippen molar-refractivity contribution in [2.75, 3.05) is 14.2 Å². The first-order chi connectivity index (χ1) is 3.72. The van der Waals surface area contributed by atoms with E-state index in [4.69, 9.17) is 0 Å². The first-order valence-electron chi connectivity index (χ1n) is 2.11. The van der Waals surface area contributed by atoms with Gasteiger partial charge in [-0.25, -0.2) is 0 Å². The monoisotopic (exact) mass is 136 g/mol. The Morgan fingerprint density at radius 3 is 2.12 bits per heavy atom. The molecule has 0 aromatic carbocycles. The Morgan fingerprint density at radius 1 is 1.50 bits per heavy atom. The lowest BCUT2D eigenvalue weighted by Gasteiger charge is -1.93. The van der Waals surface area contributed by atoms with Crippen LogP contribution in [0.25, 0.3) is 0 Å². The fourth-order valence-corrected chi connectivity index (χ4v) is 0.609. The molecule has 0 heterocycles. The molecular weight excluding hydrogens is 127 g/mol. The Morgan fingerprint density at radius 2 is 2.00 bits per heavy atom. The summed E-state index contributed by atoms with van der Waals surface area (Å²) in [6, 6.07) is 0. The fraction of sp³-hybridized carbons (Fsp3) is 0.750. The largest absolute Gasteiger partial charge is 0.601 e. The molecular formula is C4H9O3P. The van der Waals surface area contributed by atoms with Crippen molar-refractivity contribution in [2.24, 2.45) is 0 Å². The van der Waals surface area contributed by atoms with Crippen LogP contribution in [0.2, 0.25) is 0 Å². The van der Waals surface area contributed by atoms with Crippen molar-refractivity contribution in [3.05, 3.63) is 0 Å². The molecule has 0 spiro atoms. The van der Waals surface area contributed by atoms with Gasteiger partial charge in [-0.3, -0.25) is 0 Å². The molecule has 8 heavy (non-hydrogen) atoms. The van der Waals surface area contributed by atoms with Crippen LogP contribution in [0.15, 0.2) is 0 Å². The molecule has 0 bridgehead atoms. The third-order valence-corrected chi connectivity index (χ3v) is 1.75. The van der Waals surface area contributed by atoms with Gasteiger partial charge in [0.2, 0.25) is 8.00 Å². The van der Waals surface area contributed by atoms with Gasteiger partial charge in [-0.2, -0.15) is 4.52 Å². The molecule has 0 saturated carbocycles. The van der Waals surface area contributed by atoms with Crippen LogP contribution in [0.4, 0.5) is 0 Å². The molecule has 1 atom stereocenters. The van der Waals surface area contributed by atoms with Crippen molar-refractivity contribution in [1.29, 1.82) is 0 Å². The molecule has 0 aliphatic rings. The van der Waals surface area contributed by atoms with E-state index < -0.39 is 8.00 Å². The van der Waals surface area contributed by atoms with Crippen molar-refractivity contribution in [1.82, 2.24) is 0 Å². The smallest absolute Gasteiger partial charge is 0.251 e. The number of rotatable bonds is 2. The van der Waals surface area contributed by atoms with E-state index in [1.165, 1.54) is 14.2 Å². The Hall–Kier alpha value is 0.0500. The Bertz CT molecular complexity index is 87.5. The Labute approximate surface area is 49.8 Å². The Kier molecular flexibility index (Phi) is 4.01. The van der Waals surface area contributed by atoms with Gasteiger partial charge in [-0.15, -0.1) is 0 Å². The summed E-state index contributed by atoms with van der Waals surface area (Å²) < 4.78 is 9.06. The molecule has 0 radical (unpaired) electrons. The molecule has 3 nitrogen and oxygen atoms in total. The van der Waals surface area contributed by atoms with Crippen molar-refractivity contribution < 1.29 is 14.2 Å². The van der Waals surface area contributed by atoms with Gasteiger partial charge in [0.15, 0.2) is 0 Å². The third kappa shape index (κ3) is 2.38. The summed E-state index contributed by atoms with van der Waals surface area (Å²) >= 11 is 0. The summed E-state index contributed by atoms with van der Waals surface area (Å²) in [5.74, 6) is 0. The second-order valence-corrected chi connectivity index (χ2v) is 2.67. The highest BCUT2D eigenvalue weighted by molar-refractivity contribution is 7.46. The van der Waals surface area contributed by atoms with Crippen LogP contribution >= 0.6 is 8.00 Å². The second kappa shape index (κ2) is 3.98. The molecule has 0 fully saturated rings. The first kappa shape index (κ1) is 8.05. The van der Waals surface area contributed by atoms with Crippen LogP contribution in [0.3, 0.4) is 0 Å². The van der Waals surface area contributed by atoms with Gasteiger partial charge in [0.1, 0.15) is 0 Å². The quantitative estimate of drug-likeness (QED) is 0.505. The van der Waals surface area contributed by atoms with Crippen LogP contribution in [-0.4, -0.2) is 19.7 Å². The van der Waals surface area contributed by atoms with E-state index in [2.05, 4.69) is 9.26 Å². The zero-order valence-corrected chi connectivity index (χ0v) is 6.07. The van der Waals surface area contributed by atoms with E-state index in [0.717, 1.165) is 0 Å². The van der Waals surface area contributed by atoms with Gasteiger partial charge < -0.3 is 9.63 Å². The van der Waals surface area contributed by atoms with Crippen LogP contribution in [0.5, 0.6) is 0 Å². The van der Waals surface area contributed by atoms with Crippen LogP contribution in [0, 0.1) is 0 Å². The van der Waals surface area contributed by atoms with E-state index in [0.29, 0.717) is 5.48 Å². The van der Waals surface area contributed by atoms with Crippen molar-refractivity contribution >= 4 is 13.5 Å². The van der Waals surface area contributed by atoms with Crippen LogP contribution in [0.1, 0.15) is 6.92 Å². The first-order valence-corrected chi connectivity index (χ1v) is 3.29. The highest BCUT2D eigenvalue weighted by Gasteiger charge is 1.99. The summed E-state index contributed by atoms with van der Waals surface area (Å²) in [5.41, 5.74) is 0.419. The molecule has 0 amide bonds. The second-order valence-electron chi connectivity index (χ2n) is 1.16. The minimum atomic E-state index is -1.70. The minimum Gasteiger partial charge on any atom is -0.601 e. The predicted octanol–water partition coefficient (Wildman–Crippen LogP) is 0.101. The minimum absolute atomic E-state index is 0.419. The van der Waals surface area contributed by atoms with E-state index in [-0.39, 0.29) is 0 Å². The number of methoxy groups -OCH3 is 1. The number of hydrogen-bond donors (Lipinski definition) is 0. The number of hydrogen-bond acceptors (Lipinski definition) is 3. The normalized spacial score (nSPS) is 13.5. The maximum Gasteiger partial charge on any atom is 0.251 e. The van der Waals surface area contributed by atoms with Gasteiger partial charge in [-0.05, 0) is 0 Å². The van der Waals surface area contributed by atoms with Crippen molar-refractivity contribution in [3.8, 4) is 0 Å². The van der Waals surface area contributed by atoms with Gasteiger partial charge >= 0.3 is 0 Å². The lowest BCUT2D eigenvalue weighted by Crippen LogP contribution is -2.01. The predicted molar refractivity (Wildman–Crippen MR) is 31.6 cm³/mol. The molecule has 0 aliphatic heterocycles. The molecule has 4 heteroatoms. The zero-order chi connectivity index (χ0) is 6.57. The summed E-state index contributed by atoms with van der Waals surface area (Å²) in [7, 11) is 1.14. The molecule has 0 aliphatic carbocycles. The van der Waals surface area contributed by atoms with Gasteiger partial charge in [0.25, 0.3) is 5.48 Å².